The second-order valence-electron chi connectivity index (χ2n) is 18.3. The minimum Gasteiger partial charge on any atom is -0.235 e. The van der Waals surface area contributed by atoms with Crippen molar-refractivity contribution in [3.05, 3.63) is 322 Å². The maximum absolute atomic E-state index is 12.7. The van der Waals surface area contributed by atoms with E-state index in [1.807, 2.05) is 107 Å². The third kappa shape index (κ3) is 34.3. The highest BCUT2D eigenvalue weighted by atomic mass is 35.5. The van der Waals surface area contributed by atoms with Crippen LogP contribution < -0.4 is 0 Å². The van der Waals surface area contributed by atoms with Gasteiger partial charge in [0.05, 0.1) is 21.6 Å². The lowest BCUT2D eigenvalue weighted by Crippen LogP contribution is -1.87. The Morgan fingerprint density at radius 2 is 0.682 bits per heavy atom. The van der Waals surface area contributed by atoms with E-state index >= 15 is 0 Å². The molecule has 9 rings (SSSR count). The van der Waals surface area contributed by atoms with Gasteiger partial charge in [0.2, 0.25) is 5.69 Å². The number of benzene rings is 9. The molecule has 0 heterocycles. The van der Waals surface area contributed by atoms with Gasteiger partial charge in [-0.2, -0.15) is 0 Å². The van der Waals surface area contributed by atoms with Crippen LogP contribution in [0.4, 0.5) is 32.0 Å². The van der Waals surface area contributed by atoms with Crippen molar-refractivity contribution >= 4 is 63.7 Å². The van der Waals surface area contributed by atoms with Crippen LogP contribution in [-0.4, -0.2) is 0 Å². The molecule has 0 saturated heterocycles. The van der Waals surface area contributed by atoms with E-state index in [1.165, 1.54) is 70.3 Å². The van der Waals surface area contributed by atoms with E-state index < -0.39 is 17.5 Å². The predicted octanol–water partition coefficient (Wildman–Crippen LogP) is 24.9. The molecule has 0 aliphatic heterocycles. The van der Waals surface area contributed by atoms with E-state index in [9.17, 15) is 26.3 Å². The minimum absolute atomic E-state index is 0.115. The fourth-order valence-corrected chi connectivity index (χ4v) is 7.72. The molecule has 0 aliphatic rings. The zero-order valence-electron chi connectivity index (χ0n) is 50.0. The molecule has 0 radical (unpaired) electrons. The summed E-state index contributed by atoms with van der Waals surface area (Å²) in [6.45, 7) is 25.0. The van der Waals surface area contributed by atoms with E-state index in [1.54, 1.807) is 48.5 Å². The second kappa shape index (κ2) is 45.8. The molecule has 452 valence electrons. The quantitative estimate of drug-likeness (QED) is 0.100. The fourth-order valence-electron chi connectivity index (χ4n) is 6.86. The lowest BCUT2D eigenvalue weighted by atomic mass is 10.1. The molecule has 0 unspecified atom stereocenters. The summed E-state index contributed by atoms with van der Waals surface area (Å²) in [4.78, 5) is 3.05. The van der Waals surface area contributed by atoms with Crippen LogP contribution in [0.1, 0.15) is 112 Å². The third-order valence-electron chi connectivity index (χ3n) is 12.2. The first-order valence-electron chi connectivity index (χ1n) is 28.2. The van der Waals surface area contributed by atoms with Crippen molar-refractivity contribution in [3.8, 4) is 0 Å². The Balaban J connectivity index is 0.000000479. The van der Waals surface area contributed by atoms with Crippen LogP contribution in [0.5, 0.6) is 0 Å². The van der Waals surface area contributed by atoms with Crippen molar-refractivity contribution in [3.63, 3.8) is 0 Å². The summed E-state index contributed by atoms with van der Waals surface area (Å²) in [6, 6.07) is 58.3. The molecular formula is C73H78Cl5F6N. The zero-order valence-corrected chi connectivity index (χ0v) is 53.8. The Morgan fingerprint density at radius 1 is 0.282 bits per heavy atom. The van der Waals surface area contributed by atoms with Crippen molar-refractivity contribution in [2.24, 2.45) is 0 Å². The Hall–Kier alpha value is -6.50. The highest BCUT2D eigenvalue weighted by molar-refractivity contribution is 6.42. The molecule has 0 N–H and O–H groups in total. The van der Waals surface area contributed by atoms with Crippen molar-refractivity contribution in [2.75, 3.05) is 0 Å². The predicted molar refractivity (Wildman–Crippen MR) is 353 cm³/mol. The molecule has 0 bridgehead atoms. The van der Waals surface area contributed by atoms with E-state index in [2.05, 4.69) is 62.9 Å². The van der Waals surface area contributed by atoms with Gasteiger partial charge in [-0.25, -0.2) is 31.2 Å². The Labute approximate surface area is 528 Å². The summed E-state index contributed by atoms with van der Waals surface area (Å²) in [5.74, 6) is -2.06. The average Bonchev–Trinajstić information content (AvgIpc) is 3.54. The first kappa shape index (κ1) is 76.5. The van der Waals surface area contributed by atoms with Gasteiger partial charge in [0.25, 0.3) is 0 Å². The molecule has 12 heteroatoms. The number of rotatable bonds is 9. The van der Waals surface area contributed by atoms with Gasteiger partial charge >= 0.3 is 0 Å². The highest BCUT2D eigenvalue weighted by Crippen LogP contribution is 2.23. The number of aryl methyl sites for hydroxylation is 9. The molecule has 9 aromatic carbocycles. The van der Waals surface area contributed by atoms with Gasteiger partial charge in [-0.1, -0.05) is 235 Å². The normalized spacial score (nSPS) is 9.59. The smallest absolute Gasteiger partial charge is 0.222 e. The van der Waals surface area contributed by atoms with Crippen LogP contribution in [0.25, 0.3) is 4.85 Å². The van der Waals surface area contributed by atoms with Crippen LogP contribution >= 0.6 is 58.0 Å². The van der Waals surface area contributed by atoms with Crippen LogP contribution in [0.3, 0.4) is 0 Å². The Kier molecular flexibility index (Phi) is 41.2. The molecule has 0 fully saturated rings. The van der Waals surface area contributed by atoms with Gasteiger partial charge in [0, 0.05) is 16.1 Å². The second-order valence-corrected chi connectivity index (χ2v) is 20.4. The Bertz CT molecular complexity index is 3130. The maximum Gasteiger partial charge on any atom is 0.222 e. The molecule has 1 nitrogen and oxygen atoms in total. The lowest BCUT2D eigenvalue weighted by molar-refractivity contribution is 0.573. The van der Waals surface area contributed by atoms with E-state index in [0.29, 0.717) is 22.0 Å². The van der Waals surface area contributed by atoms with E-state index in [-0.39, 0.29) is 28.2 Å². The van der Waals surface area contributed by atoms with E-state index in [0.717, 1.165) is 84.2 Å². The zero-order chi connectivity index (χ0) is 63.5. The van der Waals surface area contributed by atoms with Crippen LogP contribution in [0, 0.1) is 41.5 Å². The Morgan fingerprint density at radius 3 is 1.11 bits per heavy atom. The van der Waals surface area contributed by atoms with Gasteiger partial charge in [0.1, 0.15) is 34.9 Å². The SMILES string of the molecule is CCc1ccc(Cl)c(Cl)c1.CCc1ccc(Cl)cc1.CCc1ccc(F)c(Cl)c1.CCc1ccc(F)cc1.CCc1ccc(F)cc1F.CCc1cccc(Cl)c1.CCc1cccc(F)c1.CCc1ccccc1.[C-]#[N+]c1cc(CC)ccc1F. The van der Waals surface area contributed by atoms with Crippen molar-refractivity contribution < 1.29 is 26.3 Å². The van der Waals surface area contributed by atoms with Crippen LogP contribution in [-0.2, 0) is 57.8 Å². The maximum atomic E-state index is 12.7. The number of halogens is 11. The monoisotopic (exact) mass is 1260 g/mol. The number of hydrogen-bond acceptors (Lipinski definition) is 0. The summed E-state index contributed by atoms with van der Waals surface area (Å²) in [7, 11) is 0. The molecule has 0 spiro atoms. The molecular weight excluding hydrogens is 1180 g/mol. The van der Waals surface area contributed by atoms with E-state index in [4.69, 9.17) is 64.6 Å². The topological polar surface area (TPSA) is 4.36 Å². The molecule has 0 aliphatic carbocycles. The van der Waals surface area contributed by atoms with Gasteiger partial charge in [0.15, 0.2) is 0 Å². The highest BCUT2D eigenvalue weighted by Gasteiger charge is 2.02. The molecule has 0 saturated carbocycles. The number of hydrogen-bond donors (Lipinski definition) is 0. The van der Waals surface area contributed by atoms with Gasteiger partial charge in [-0.05, 0) is 187 Å². The van der Waals surface area contributed by atoms with Gasteiger partial charge in [-0.3, -0.25) is 0 Å². The van der Waals surface area contributed by atoms with Crippen molar-refractivity contribution in [1.29, 1.82) is 0 Å². The average molecular weight is 1260 g/mol. The largest absolute Gasteiger partial charge is 0.235 e. The standard InChI is InChI=1S/C9H8FN.C8H8Cl2.C8H8ClF.2C8H9Cl.C8H8F2.2C8H9F.C8H10/c1-3-7-4-5-8(10)9(6-7)11-2;1-2-6-3-4-7(9)8(10)5-6;1-2-6-3-4-8(10)7(9)5-6;1-2-7-3-5-8(9)6-4-7;1-2-7-4-3-5-8(9)6-7;1-2-6-3-4-7(9)5-8(6)10;1-2-7-3-5-8(9)6-4-7;1-2-7-4-3-5-8(9)6-7;1-2-8-6-4-3-5-7-8/h4-6H,3H2,1H3;2*3-5H,2H2,1H3;2*3-6H,2H2,1H3;3-5H,2H2,1H3;2*3-6H,2H2,1H3;3-7H,2H2,1H3. The lowest BCUT2D eigenvalue weighted by Gasteiger charge is -1.97. The summed E-state index contributed by atoms with van der Waals surface area (Å²) in [5, 5.41) is 3.11. The summed E-state index contributed by atoms with van der Waals surface area (Å²) in [5.41, 5.74) is 10.2. The fraction of sp³-hybridized carbons (Fsp3) is 0.247. The summed E-state index contributed by atoms with van der Waals surface area (Å²) < 4.78 is 74.6. The summed E-state index contributed by atoms with van der Waals surface area (Å²) >= 11 is 28.4. The minimum atomic E-state index is -0.519. The van der Waals surface area contributed by atoms with Crippen LogP contribution in [0.2, 0.25) is 25.1 Å². The number of nitrogens with zero attached hydrogens (tertiary/aromatic N) is 1. The van der Waals surface area contributed by atoms with Crippen LogP contribution in [0.15, 0.2) is 200 Å². The van der Waals surface area contributed by atoms with Crippen molar-refractivity contribution in [1.82, 2.24) is 0 Å². The van der Waals surface area contributed by atoms with Crippen molar-refractivity contribution in [2.45, 2.75) is 120 Å². The first-order valence-corrected chi connectivity index (χ1v) is 30.1. The third-order valence-corrected chi connectivity index (χ3v) is 13.7. The molecule has 9 aromatic rings. The first-order chi connectivity index (χ1) is 40.7. The van der Waals surface area contributed by atoms with Gasteiger partial charge < -0.3 is 0 Å². The van der Waals surface area contributed by atoms with Gasteiger partial charge in [-0.15, -0.1) is 0 Å². The molecule has 85 heavy (non-hydrogen) atoms. The molecule has 0 aromatic heterocycles. The molecule has 0 atom stereocenters. The molecule has 0 amide bonds. The summed E-state index contributed by atoms with van der Waals surface area (Å²) in [6.07, 6.45) is 8.47.